The monoisotopic (exact) mass is 366 g/mol. The molecule has 1 heterocycles. The van der Waals surface area contributed by atoms with E-state index in [0.717, 1.165) is 16.9 Å². The Morgan fingerprint density at radius 3 is 2.59 bits per heavy atom. The predicted octanol–water partition coefficient (Wildman–Crippen LogP) is 3.06. The highest BCUT2D eigenvalue weighted by Gasteiger charge is 2.28. The van der Waals surface area contributed by atoms with Crippen molar-refractivity contribution in [2.75, 3.05) is 26.7 Å². The first-order valence-corrected chi connectivity index (χ1v) is 9.30. The van der Waals surface area contributed by atoms with E-state index >= 15 is 0 Å². The van der Waals surface area contributed by atoms with Crippen LogP contribution in [-0.4, -0.2) is 48.4 Å². The van der Waals surface area contributed by atoms with Gasteiger partial charge in [0, 0.05) is 26.1 Å². The van der Waals surface area contributed by atoms with Crippen LogP contribution in [0.3, 0.4) is 0 Å². The van der Waals surface area contributed by atoms with Crippen molar-refractivity contribution in [3.8, 4) is 5.75 Å². The lowest BCUT2D eigenvalue weighted by Crippen LogP contribution is -2.51. The van der Waals surface area contributed by atoms with Gasteiger partial charge in [-0.2, -0.15) is 0 Å². The molecular formula is C22H26N2O3. The highest BCUT2D eigenvalue weighted by Crippen LogP contribution is 2.21. The molecule has 142 valence electrons. The zero-order valence-corrected chi connectivity index (χ0v) is 15.9. The SMILES string of the molecule is COc1cccc(CN2CCN(C(=O)C[C@H](C)c3ccccc3)CC2=O)c1. The van der Waals surface area contributed by atoms with Gasteiger partial charge in [0.25, 0.3) is 0 Å². The number of methoxy groups -OCH3 is 1. The summed E-state index contributed by atoms with van der Waals surface area (Å²) in [4.78, 5) is 28.6. The Hall–Kier alpha value is -2.82. The van der Waals surface area contributed by atoms with E-state index in [1.165, 1.54) is 0 Å². The van der Waals surface area contributed by atoms with E-state index in [2.05, 4.69) is 0 Å². The van der Waals surface area contributed by atoms with Gasteiger partial charge in [0.2, 0.25) is 11.8 Å². The highest BCUT2D eigenvalue weighted by molar-refractivity contribution is 5.86. The Bertz CT molecular complexity index is 791. The summed E-state index contributed by atoms with van der Waals surface area (Å²) >= 11 is 0. The van der Waals surface area contributed by atoms with Crippen molar-refractivity contribution < 1.29 is 14.3 Å². The average Bonchev–Trinajstić information content (AvgIpc) is 2.70. The minimum atomic E-state index is -0.00946. The zero-order valence-electron chi connectivity index (χ0n) is 15.9. The molecule has 1 aliphatic heterocycles. The Labute approximate surface area is 160 Å². The fraction of sp³-hybridized carbons (Fsp3) is 0.364. The molecule has 5 nitrogen and oxygen atoms in total. The topological polar surface area (TPSA) is 49.9 Å². The van der Waals surface area contributed by atoms with E-state index in [4.69, 9.17) is 4.74 Å². The molecule has 1 aliphatic rings. The van der Waals surface area contributed by atoms with Crippen molar-refractivity contribution in [3.05, 3.63) is 65.7 Å². The fourth-order valence-corrected chi connectivity index (χ4v) is 3.37. The van der Waals surface area contributed by atoms with E-state index in [1.807, 2.05) is 61.5 Å². The van der Waals surface area contributed by atoms with Crippen molar-refractivity contribution in [3.63, 3.8) is 0 Å². The normalized spacial score (nSPS) is 15.6. The third-order valence-electron chi connectivity index (χ3n) is 5.03. The lowest BCUT2D eigenvalue weighted by atomic mass is 9.97. The first-order valence-electron chi connectivity index (χ1n) is 9.30. The summed E-state index contributed by atoms with van der Waals surface area (Å²) in [6.07, 6.45) is 0.424. The van der Waals surface area contributed by atoms with Gasteiger partial charge in [0.15, 0.2) is 0 Å². The number of ether oxygens (including phenoxy) is 1. The number of piperazine rings is 1. The molecule has 1 fully saturated rings. The van der Waals surface area contributed by atoms with Crippen LogP contribution in [-0.2, 0) is 16.1 Å². The van der Waals surface area contributed by atoms with Crippen molar-refractivity contribution >= 4 is 11.8 Å². The third-order valence-corrected chi connectivity index (χ3v) is 5.03. The lowest BCUT2D eigenvalue weighted by molar-refractivity contribution is -0.145. The summed E-state index contributed by atoms with van der Waals surface area (Å²) in [6.45, 7) is 3.88. The van der Waals surface area contributed by atoms with Gasteiger partial charge in [0.1, 0.15) is 5.75 Å². The second-order valence-electron chi connectivity index (χ2n) is 7.00. The summed E-state index contributed by atoms with van der Waals surface area (Å²) in [5.41, 5.74) is 2.18. The van der Waals surface area contributed by atoms with Crippen LogP contribution in [0.4, 0.5) is 0 Å². The molecule has 0 aromatic heterocycles. The number of hydrogen-bond donors (Lipinski definition) is 0. The Balaban J connectivity index is 1.54. The van der Waals surface area contributed by atoms with Gasteiger partial charge in [-0.05, 0) is 29.2 Å². The molecule has 0 saturated carbocycles. The van der Waals surface area contributed by atoms with Gasteiger partial charge in [0.05, 0.1) is 13.7 Å². The van der Waals surface area contributed by atoms with Gasteiger partial charge in [-0.15, -0.1) is 0 Å². The van der Waals surface area contributed by atoms with Gasteiger partial charge in [-0.25, -0.2) is 0 Å². The molecule has 0 N–H and O–H groups in total. The fourth-order valence-electron chi connectivity index (χ4n) is 3.37. The summed E-state index contributed by atoms with van der Waals surface area (Å²) < 4.78 is 5.24. The molecule has 5 heteroatoms. The van der Waals surface area contributed by atoms with Crippen LogP contribution in [0.2, 0.25) is 0 Å². The highest BCUT2D eigenvalue weighted by atomic mass is 16.5. The Morgan fingerprint density at radius 2 is 1.89 bits per heavy atom. The minimum Gasteiger partial charge on any atom is -0.497 e. The second-order valence-corrected chi connectivity index (χ2v) is 7.00. The van der Waals surface area contributed by atoms with E-state index in [1.54, 1.807) is 16.9 Å². The maximum atomic E-state index is 12.6. The molecule has 2 aromatic carbocycles. The van der Waals surface area contributed by atoms with Crippen LogP contribution in [0, 0.1) is 0 Å². The van der Waals surface area contributed by atoms with Crippen molar-refractivity contribution in [2.45, 2.75) is 25.8 Å². The van der Waals surface area contributed by atoms with Crippen LogP contribution in [0.25, 0.3) is 0 Å². The zero-order chi connectivity index (χ0) is 19.2. The van der Waals surface area contributed by atoms with E-state index < -0.39 is 0 Å². The van der Waals surface area contributed by atoms with Crippen LogP contribution >= 0.6 is 0 Å². The van der Waals surface area contributed by atoms with Gasteiger partial charge in [-0.1, -0.05) is 49.4 Å². The molecule has 0 radical (unpaired) electrons. The van der Waals surface area contributed by atoms with Gasteiger partial charge >= 0.3 is 0 Å². The molecule has 0 aliphatic carbocycles. The van der Waals surface area contributed by atoms with E-state index in [0.29, 0.717) is 26.1 Å². The molecule has 3 rings (SSSR count). The van der Waals surface area contributed by atoms with Crippen molar-refractivity contribution in [1.82, 2.24) is 9.80 Å². The number of amides is 2. The second kappa shape index (κ2) is 8.71. The third kappa shape index (κ3) is 4.88. The molecule has 0 spiro atoms. The molecule has 2 amide bonds. The summed E-state index contributed by atoms with van der Waals surface area (Å²) in [6, 6.07) is 17.7. The number of nitrogens with zero attached hydrogens (tertiary/aromatic N) is 2. The smallest absolute Gasteiger partial charge is 0.242 e. The standard InChI is InChI=1S/C22H26N2O3/c1-17(19-8-4-3-5-9-19)13-21(25)24-12-11-23(22(26)16-24)15-18-7-6-10-20(14-18)27-2/h3-10,14,17H,11-13,15-16H2,1-2H3/t17-/m0/s1. The molecule has 0 bridgehead atoms. The molecule has 1 saturated heterocycles. The summed E-state index contributed by atoms with van der Waals surface area (Å²) in [7, 11) is 1.63. The van der Waals surface area contributed by atoms with Crippen LogP contribution in [0.5, 0.6) is 5.75 Å². The molecule has 1 atom stereocenters. The largest absolute Gasteiger partial charge is 0.497 e. The number of hydrogen-bond acceptors (Lipinski definition) is 3. The van der Waals surface area contributed by atoms with Crippen molar-refractivity contribution in [2.24, 2.45) is 0 Å². The van der Waals surface area contributed by atoms with Gasteiger partial charge in [-0.3, -0.25) is 9.59 Å². The molecule has 0 unspecified atom stereocenters. The van der Waals surface area contributed by atoms with Crippen molar-refractivity contribution in [1.29, 1.82) is 0 Å². The average molecular weight is 366 g/mol. The first kappa shape index (κ1) is 19.0. The summed E-state index contributed by atoms with van der Waals surface area (Å²) in [5.74, 6) is 0.956. The number of carbonyl (C=O) groups excluding carboxylic acids is 2. The van der Waals surface area contributed by atoms with E-state index in [-0.39, 0.29) is 24.3 Å². The van der Waals surface area contributed by atoms with Crippen LogP contribution in [0.15, 0.2) is 54.6 Å². The first-order chi connectivity index (χ1) is 13.1. The molecule has 27 heavy (non-hydrogen) atoms. The number of benzene rings is 2. The van der Waals surface area contributed by atoms with E-state index in [9.17, 15) is 9.59 Å². The number of carbonyl (C=O) groups is 2. The number of rotatable bonds is 6. The predicted molar refractivity (Wildman–Crippen MR) is 104 cm³/mol. The Morgan fingerprint density at radius 1 is 1.11 bits per heavy atom. The quantitative estimate of drug-likeness (QED) is 0.789. The van der Waals surface area contributed by atoms with Gasteiger partial charge < -0.3 is 14.5 Å². The molecular weight excluding hydrogens is 340 g/mol. The maximum Gasteiger partial charge on any atom is 0.242 e. The summed E-state index contributed by atoms with van der Waals surface area (Å²) in [5, 5.41) is 0. The van der Waals surface area contributed by atoms with Crippen LogP contribution < -0.4 is 4.74 Å². The minimum absolute atomic E-state index is 0.00946. The van der Waals surface area contributed by atoms with Crippen LogP contribution in [0.1, 0.15) is 30.4 Å². The molecule has 2 aromatic rings. The maximum absolute atomic E-state index is 12.6. The Kier molecular flexibility index (Phi) is 6.12. The lowest BCUT2D eigenvalue weighted by Gasteiger charge is -2.35.